The second kappa shape index (κ2) is 9.17. The molecule has 3 atom stereocenters. The van der Waals surface area contributed by atoms with Crippen molar-refractivity contribution in [3.05, 3.63) is 47.8 Å². The van der Waals surface area contributed by atoms with Crippen LogP contribution in [0.1, 0.15) is 15.9 Å². The van der Waals surface area contributed by atoms with Gasteiger partial charge in [0.2, 0.25) is 6.10 Å². The fraction of sp³-hybridized carbons (Fsp3) is 0.333. The molecule has 16 heteroatoms. The predicted octanol–water partition coefficient (Wildman–Crippen LogP) is 2.20. The van der Waals surface area contributed by atoms with Crippen LogP contribution in [0.15, 0.2) is 36.7 Å². The zero-order valence-electron chi connectivity index (χ0n) is 18.4. The van der Waals surface area contributed by atoms with Gasteiger partial charge in [-0.3, -0.25) is 9.59 Å². The molecular formula is C21H17F7N6O3. The molecule has 3 aromatic rings. The summed E-state index contributed by atoms with van der Waals surface area (Å²) >= 11 is 0. The number of carbonyl (C=O) groups excluding carboxylic acids is 2. The average molecular weight is 534 g/mol. The van der Waals surface area contributed by atoms with Crippen LogP contribution in [0.4, 0.5) is 36.6 Å². The van der Waals surface area contributed by atoms with E-state index in [4.69, 9.17) is 10.8 Å². The number of halogens is 7. The molecule has 0 saturated carbocycles. The standard InChI is InChI=1S/C21H17F7N6O3/c22-12-6-33(19(37)16(35)21(26,27)28)7-13(12)32-18(36)10-3-1-2-9(4-10)14-5-11(20(23,24)25)15-17(29)30-8-31-34(14)15/h1-5,8,12-13,16,35H,6-7H2,(H,32,36)(H2,29,30,31)/t12-,13+,16?/m0/s1. The number of rotatable bonds is 4. The Bertz CT molecular complexity index is 1360. The van der Waals surface area contributed by atoms with E-state index in [0.717, 1.165) is 16.9 Å². The maximum absolute atomic E-state index is 14.4. The number of benzene rings is 1. The first-order valence-corrected chi connectivity index (χ1v) is 10.5. The number of anilines is 1. The molecule has 4 N–H and O–H groups in total. The molecule has 1 unspecified atom stereocenters. The molecule has 1 saturated heterocycles. The van der Waals surface area contributed by atoms with E-state index in [-0.39, 0.29) is 16.8 Å². The maximum Gasteiger partial charge on any atom is 0.423 e. The van der Waals surface area contributed by atoms with E-state index >= 15 is 0 Å². The van der Waals surface area contributed by atoms with Crippen molar-refractivity contribution in [1.29, 1.82) is 0 Å². The second-order valence-corrected chi connectivity index (χ2v) is 8.21. The number of aliphatic hydroxyl groups is 1. The van der Waals surface area contributed by atoms with E-state index < -0.39 is 72.5 Å². The minimum Gasteiger partial charge on any atom is -0.382 e. The van der Waals surface area contributed by atoms with Crippen molar-refractivity contribution in [1.82, 2.24) is 24.8 Å². The highest BCUT2D eigenvalue weighted by atomic mass is 19.4. The van der Waals surface area contributed by atoms with E-state index in [1.165, 1.54) is 24.3 Å². The maximum atomic E-state index is 14.4. The highest BCUT2D eigenvalue weighted by Crippen LogP contribution is 2.38. The number of aromatic nitrogens is 3. The molecule has 9 nitrogen and oxygen atoms in total. The first-order chi connectivity index (χ1) is 17.2. The molecule has 198 valence electrons. The Balaban J connectivity index is 1.57. The lowest BCUT2D eigenvalue weighted by molar-refractivity contribution is -0.210. The summed E-state index contributed by atoms with van der Waals surface area (Å²) in [6.07, 6.45) is -14.3. The molecule has 2 amide bonds. The van der Waals surface area contributed by atoms with Crippen molar-refractivity contribution in [2.24, 2.45) is 0 Å². The summed E-state index contributed by atoms with van der Waals surface area (Å²) in [6.45, 7) is -1.42. The van der Waals surface area contributed by atoms with E-state index in [2.05, 4.69) is 15.4 Å². The topological polar surface area (TPSA) is 126 Å². The molecule has 4 rings (SSSR count). The second-order valence-electron chi connectivity index (χ2n) is 8.21. The zero-order chi connectivity index (χ0) is 27.3. The number of amides is 2. The van der Waals surface area contributed by atoms with Gasteiger partial charge in [0.25, 0.3) is 11.8 Å². The summed E-state index contributed by atoms with van der Waals surface area (Å²) in [7, 11) is 0. The fourth-order valence-electron chi connectivity index (χ4n) is 3.95. The minimum atomic E-state index is -5.24. The molecule has 0 radical (unpaired) electrons. The number of hydrogen-bond donors (Lipinski definition) is 3. The number of carbonyl (C=O) groups is 2. The van der Waals surface area contributed by atoms with Gasteiger partial charge in [-0.25, -0.2) is 13.9 Å². The number of aliphatic hydroxyl groups excluding tert-OH is 1. The van der Waals surface area contributed by atoms with Crippen LogP contribution in [-0.2, 0) is 11.0 Å². The van der Waals surface area contributed by atoms with E-state index in [0.29, 0.717) is 4.90 Å². The van der Waals surface area contributed by atoms with E-state index in [1.54, 1.807) is 0 Å². The quantitative estimate of drug-likeness (QED) is 0.441. The van der Waals surface area contributed by atoms with Gasteiger partial charge in [0.1, 0.15) is 18.0 Å². The SMILES string of the molecule is Nc1ncnn2c(-c3cccc(C(=O)N[C@@H]4CN(C(=O)C(O)C(F)(F)F)C[C@@H]4F)c3)cc(C(F)(F)F)c12. The Morgan fingerprint density at radius 1 is 1.14 bits per heavy atom. The third-order valence-electron chi connectivity index (χ3n) is 5.73. The zero-order valence-corrected chi connectivity index (χ0v) is 18.4. The Morgan fingerprint density at radius 2 is 1.84 bits per heavy atom. The lowest BCUT2D eigenvalue weighted by atomic mass is 10.1. The molecule has 1 fully saturated rings. The number of alkyl halides is 7. The highest BCUT2D eigenvalue weighted by Gasteiger charge is 2.48. The molecule has 37 heavy (non-hydrogen) atoms. The Hall–Kier alpha value is -3.95. The van der Waals surface area contributed by atoms with Gasteiger partial charge in [0.15, 0.2) is 5.82 Å². The number of nitrogens with zero attached hydrogens (tertiary/aromatic N) is 4. The van der Waals surface area contributed by atoms with Crippen molar-refractivity contribution in [3.8, 4) is 11.3 Å². The largest absolute Gasteiger partial charge is 0.423 e. The van der Waals surface area contributed by atoms with Gasteiger partial charge in [-0.05, 0) is 18.2 Å². The summed E-state index contributed by atoms with van der Waals surface area (Å²) < 4.78 is 93.8. The minimum absolute atomic E-state index is 0.0757. The van der Waals surface area contributed by atoms with Gasteiger partial charge < -0.3 is 21.1 Å². The third-order valence-corrected chi connectivity index (χ3v) is 5.73. The molecule has 1 aromatic carbocycles. The Labute approximate surface area is 202 Å². The smallest absolute Gasteiger partial charge is 0.382 e. The predicted molar refractivity (Wildman–Crippen MR) is 113 cm³/mol. The normalized spacial score (nSPS) is 19.3. The molecule has 0 bridgehead atoms. The van der Waals surface area contributed by atoms with Gasteiger partial charge >= 0.3 is 12.4 Å². The van der Waals surface area contributed by atoms with Gasteiger partial charge in [-0.1, -0.05) is 12.1 Å². The van der Waals surface area contributed by atoms with Gasteiger partial charge in [-0.2, -0.15) is 31.4 Å². The first-order valence-electron chi connectivity index (χ1n) is 10.5. The van der Waals surface area contributed by atoms with Crippen LogP contribution in [0.3, 0.4) is 0 Å². The number of nitrogen functional groups attached to an aromatic ring is 1. The monoisotopic (exact) mass is 534 g/mol. The van der Waals surface area contributed by atoms with Crippen LogP contribution in [0.5, 0.6) is 0 Å². The summed E-state index contributed by atoms with van der Waals surface area (Å²) in [5, 5.41) is 15.2. The molecular weight excluding hydrogens is 517 g/mol. The van der Waals surface area contributed by atoms with Crippen molar-refractivity contribution in [2.75, 3.05) is 18.8 Å². The lowest BCUT2D eigenvalue weighted by Crippen LogP contribution is -2.47. The van der Waals surface area contributed by atoms with Crippen LogP contribution in [0.25, 0.3) is 16.8 Å². The fourth-order valence-corrected chi connectivity index (χ4v) is 3.95. The molecule has 1 aliphatic heterocycles. The number of likely N-dealkylation sites (tertiary alicyclic amines) is 1. The van der Waals surface area contributed by atoms with Gasteiger partial charge in [-0.15, -0.1) is 0 Å². The first kappa shape index (κ1) is 26.1. The van der Waals surface area contributed by atoms with Crippen LogP contribution in [-0.4, -0.2) is 74.0 Å². The van der Waals surface area contributed by atoms with Gasteiger partial charge in [0, 0.05) is 17.7 Å². The Kier molecular flexibility index (Phi) is 6.47. The molecule has 1 aliphatic rings. The average Bonchev–Trinajstić information content (AvgIpc) is 3.39. The molecule has 0 aliphatic carbocycles. The van der Waals surface area contributed by atoms with E-state index in [9.17, 15) is 40.3 Å². The summed E-state index contributed by atoms with van der Waals surface area (Å²) in [6, 6.07) is 4.61. The molecule has 3 heterocycles. The summed E-state index contributed by atoms with van der Waals surface area (Å²) in [5.74, 6) is -3.07. The van der Waals surface area contributed by atoms with Crippen molar-refractivity contribution in [2.45, 2.75) is 30.7 Å². The highest BCUT2D eigenvalue weighted by molar-refractivity contribution is 5.96. The third kappa shape index (κ3) is 5.00. The van der Waals surface area contributed by atoms with Crippen molar-refractivity contribution < 1.29 is 45.4 Å². The Morgan fingerprint density at radius 3 is 2.49 bits per heavy atom. The number of hydrogen-bond acceptors (Lipinski definition) is 6. The summed E-state index contributed by atoms with van der Waals surface area (Å²) in [5.41, 5.74) is 3.96. The van der Waals surface area contributed by atoms with Crippen molar-refractivity contribution in [3.63, 3.8) is 0 Å². The summed E-state index contributed by atoms with van der Waals surface area (Å²) in [4.78, 5) is 28.6. The number of nitrogens with two attached hydrogens (primary N) is 1. The van der Waals surface area contributed by atoms with Gasteiger partial charge in [0.05, 0.1) is 23.8 Å². The van der Waals surface area contributed by atoms with Crippen LogP contribution in [0, 0.1) is 0 Å². The number of fused-ring (bicyclic) bond motifs is 1. The van der Waals surface area contributed by atoms with E-state index in [1.807, 2.05) is 0 Å². The van der Waals surface area contributed by atoms with Crippen LogP contribution < -0.4 is 11.1 Å². The lowest BCUT2D eigenvalue weighted by Gasteiger charge is -2.21. The molecule has 0 spiro atoms. The van der Waals surface area contributed by atoms with Crippen molar-refractivity contribution >= 4 is 23.1 Å². The molecule has 2 aromatic heterocycles. The van der Waals surface area contributed by atoms with Crippen LogP contribution in [0.2, 0.25) is 0 Å². The number of nitrogens with one attached hydrogen (secondary N) is 1. The van der Waals surface area contributed by atoms with Crippen LogP contribution >= 0.6 is 0 Å².